The molecule has 0 fully saturated rings. The minimum Gasteiger partial charge on any atom is -0.357 e. The molecule has 0 bridgehead atoms. The van der Waals surface area contributed by atoms with Crippen LogP contribution >= 0.6 is 11.8 Å². The number of anilines is 1. The lowest BCUT2D eigenvalue weighted by molar-refractivity contribution is 0.732. The maximum Gasteiger partial charge on any atom is 0.191 e. The molecule has 0 saturated carbocycles. The second-order valence-electron chi connectivity index (χ2n) is 5.25. The zero-order chi connectivity index (χ0) is 16.9. The predicted octanol–water partition coefficient (Wildman–Crippen LogP) is 2.74. The second kappa shape index (κ2) is 12.0. The maximum atomic E-state index is 4.54. The summed E-state index contributed by atoms with van der Waals surface area (Å²) in [5.41, 5.74) is 1.16. The Morgan fingerprint density at radius 2 is 2.00 bits per heavy atom. The van der Waals surface area contributed by atoms with Crippen LogP contribution in [0.4, 0.5) is 5.82 Å². The molecule has 0 aliphatic rings. The molecule has 0 radical (unpaired) electrons. The third-order valence-corrected chi connectivity index (χ3v) is 4.34. The predicted molar refractivity (Wildman–Crippen MR) is 104 cm³/mol. The molecule has 5 nitrogen and oxygen atoms in total. The van der Waals surface area contributed by atoms with E-state index in [1.165, 1.54) is 18.6 Å². The second-order valence-corrected chi connectivity index (χ2v) is 6.23. The van der Waals surface area contributed by atoms with Gasteiger partial charge in [-0.3, -0.25) is 4.99 Å². The highest BCUT2D eigenvalue weighted by Gasteiger charge is 2.03. The molecule has 1 heterocycles. The van der Waals surface area contributed by atoms with Gasteiger partial charge in [0.25, 0.3) is 0 Å². The summed E-state index contributed by atoms with van der Waals surface area (Å²) in [4.78, 5) is 11.0. The van der Waals surface area contributed by atoms with Gasteiger partial charge in [0, 0.05) is 39.4 Å². The zero-order valence-electron chi connectivity index (χ0n) is 14.9. The number of aliphatic imine (C=N–C) groups is 1. The first-order valence-corrected chi connectivity index (χ1v) is 9.77. The Bertz CT molecular complexity index is 443. The molecule has 23 heavy (non-hydrogen) atoms. The van der Waals surface area contributed by atoms with Crippen molar-refractivity contribution in [3.05, 3.63) is 23.9 Å². The highest BCUT2D eigenvalue weighted by atomic mass is 32.2. The number of nitrogens with zero attached hydrogens (tertiary/aromatic N) is 3. The fourth-order valence-corrected chi connectivity index (χ4v) is 2.73. The van der Waals surface area contributed by atoms with Gasteiger partial charge in [0.1, 0.15) is 5.82 Å². The number of hydrogen-bond donors (Lipinski definition) is 2. The van der Waals surface area contributed by atoms with Crippen molar-refractivity contribution in [2.75, 3.05) is 43.6 Å². The molecule has 6 heteroatoms. The van der Waals surface area contributed by atoms with E-state index in [4.69, 9.17) is 0 Å². The molecule has 0 amide bonds. The van der Waals surface area contributed by atoms with Crippen LogP contribution < -0.4 is 15.5 Å². The average molecular weight is 338 g/mol. The van der Waals surface area contributed by atoms with E-state index in [-0.39, 0.29) is 0 Å². The van der Waals surface area contributed by atoms with Gasteiger partial charge in [0.05, 0.1) is 0 Å². The van der Waals surface area contributed by atoms with E-state index in [1.54, 1.807) is 7.05 Å². The summed E-state index contributed by atoms with van der Waals surface area (Å²) < 4.78 is 0. The van der Waals surface area contributed by atoms with Gasteiger partial charge in [0.15, 0.2) is 5.96 Å². The van der Waals surface area contributed by atoms with Crippen molar-refractivity contribution in [2.24, 2.45) is 4.99 Å². The minimum atomic E-state index is 0.732. The van der Waals surface area contributed by atoms with Crippen LogP contribution in [0.3, 0.4) is 0 Å². The third kappa shape index (κ3) is 7.59. The van der Waals surface area contributed by atoms with Crippen molar-refractivity contribution < 1.29 is 0 Å². The molecule has 0 atom stereocenters. The van der Waals surface area contributed by atoms with E-state index in [9.17, 15) is 0 Å². The Hall–Kier alpha value is -1.43. The van der Waals surface area contributed by atoms with Crippen LogP contribution in [0.25, 0.3) is 0 Å². The van der Waals surface area contributed by atoms with Crippen molar-refractivity contribution in [2.45, 2.75) is 33.2 Å². The van der Waals surface area contributed by atoms with Crippen LogP contribution in [0.2, 0.25) is 0 Å². The lowest BCUT2D eigenvalue weighted by Crippen LogP contribution is -2.37. The van der Waals surface area contributed by atoms with Crippen molar-refractivity contribution in [3.63, 3.8) is 0 Å². The molecule has 0 spiro atoms. The lowest BCUT2D eigenvalue weighted by Gasteiger charge is -2.19. The molecule has 0 aliphatic heterocycles. The van der Waals surface area contributed by atoms with Gasteiger partial charge in [-0.1, -0.05) is 6.07 Å². The van der Waals surface area contributed by atoms with Crippen LogP contribution in [0, 0.1) is 0 Å². The van der Waals surface area contributed by atoms with Crippen molar-refractivity contribution >= 4 is 23.5 Å². The van der Waals surface area contributed by atoms with Crippen molar-refractivity contribution in [1.29, 1.82) is 0 Å². The number of nitrogens with one attached hydrogen (secondary N) is 2. The van der Waals surface area contributed by atoms with Gasteiger partial charge in [-0.2, -0.15) is 11.8 Å². The first kappa shape index (κ1) is 19.6. The number of thioether (sulfide) groups is 1. The Balaban J connectivity index is 2.37. The summed E-state index contributed by atoms with van der Waals surface area (Å²) >= 11 is 1.90. The summed E-state index contributed by atoms with van der Waals surface area (Å²) in [5, 5.41) is 6.68. The molecular weight excluding hydrogens is 306 g/mol. The maximum absolute atomic E-state index is 4.54. The number of guanidine groups is 1. The van der Waals surface area contributed by atoms with E-state index < -0.39 is 0 Å². The van der Waals surface area contributed by atoms with Crippen LogP contribution in [0.1, 0.15) is 32.3 Å². The summed E-state index contributed by atoms with van der Waals surface area (Å²) in [7, 11) is 1.80. The molecule has 0 unspecified atom stereocenters. The van der Waals surface area contributed by atoms with Gasteiger partial charge in [-0.15, -0.1) is 0 Å². The first-order chi connectivity index (χ1) is 11.2. The molecule has 1 aromatic heterocycles. The topological polar surface area (TPSA) is 52.5 Å². The fourth-order valence-electron chi connectivity index (χ4n) is 2.24. The van der Waals surface area contributed by atoms with Crippen LogP contribution in [-0.2, 0) is 6.54 Å². The minimum absolute atomic E-state index is 0.732. The lowest BCUT2D eigenvalue weighted by atomic mass is 10.2. The number of pyridine rings is 1. The van der Waals surface area contributed by atoms with E-state index in [2.05, 4.69) is 57.7 Å². The number of rotatable bonds is 10. The van der Waals surface area contributed by atoms with Gasteiger partial charge in [-0.05, 0) is 50.3 Å². The summed E-state index contributed by atoms with van der Waals surface area (Å²) in [5.74, 6) is 3.11. The number of unbranched alkanes of at least 4 members (excludes halogenated alkanes) is 1. The zero-order valence-corrected chi connectivity index (χ0v) is 15.7. The Labute approximate surface area is 145 Å². The highest BCUT2D eigenvalue weighted by molar-refractivity contribution is 7.98. The van der Waals surface area contributed by atoms with Gasteiger partial charge >= 0.3 is 0 Å². The summed E-state index contributed by atoms with van der Waals surface area (Å²) in [6.07, 6.45) is 6.49. The molecule has 0 saturated heterocycles. The number of aromatic nitrogens is 1. The quantitative estimate of drug-likeness (QED) is 0.391. The van der Waals surface area contributed by atoms with Crippen LogP contribution in [0.5, 0.6) is 0 Å². The Morgan fingerprint density at radius 3 is 2.57 bits per heavy atom. The van der Waals surface area contributed by atoms with E-state index in [0.29, 0.717) is 0 Å². The standard InChI is InChI=1S/C17H31N5S/c1-5-22(6-2)16-10-9-15(13-20-16)14-21-17(18-3)19-11-7-8-12-23-4/h9-10,13H,5-8,11-12,14H2,1-4H3,(H2,18,19,21). The van der Waals surface area contributed by atoms with Crippen molar-refractivity contribution in [1.82, 2.24) is 15.6 Å². The van der Waals surface area contributed by atoms with Crippen LogP contribution in [-0.4, -0.2) is 49.6 Å². The van der Waals surface area contributed by atoms with E-state index in [0.717, 1.165) is 43.5 Å². The smallest absolute Gasteiger partial charge is 0.191 e. The summed E-state index contributed by atoms with van der Waals surface area (Å²) in [6.45, 7) is 7.95. The highest BCUT2D eigenvalue weighted by Crippen LogP contribution is 2.10. The fraction of sp³-hybridized carbons (Fsp3) is 0.647. The SMILES string of the molecule is CCN(CC)c1ccc(CNC(=NC)NCCCCSC)cn1. The average Bonchev–Trinajstić information content (AvgIpc) is 2.59. The number of hydrogen-bond acceptors (Lipinski definition) is 4. The summed E-state index contributed by atoms with van der Waals surface area (Å²) in [6, 6.07) is 4.21. The molecular formula is C17H31N5S. The van der Waals surface area contributed by atoms with Gasteiger partial charge < -0.3 is 15.5 Å². The van der Waals surface area contributed by atoms with Gasteiger partial charge in [-0.25, -0.2) is 4.98 Å². The molecule has 130 valence electrons. The molecule has 0 aromatic carbocycles. The molecule has 1 rings (SSSR count). The molecule has 1 aromatic rings. The normalized spacial score (nSPS) is 11.4. The Kier molecular flexibility index (Phi) is 10.3. The first-order valence-electron chi connectivity index (χ1n) is 8.38. The Morgan fingerprint density at radius 1 is 1.22 bits per heavy atom. The van der Waals surface area contributed by atoms with Crippen LogP contribution in [0.15, 0.2) is 23.3 Å². The van der Waals surface area contributed by atoms with Gasteiger partial charge in [0.2, 0.25) is 0 Å². The molecule has 0 aliphatic carbocycles. The van der Waals surface area contributed by atoms with E-state index >= 15 is 0 Å². The largest absolute Gasteiger partial charge is 0.357 e. The molecule has 2 N–H and O–H groups in total. The van der Waals surface area contributed by atoms with E-state index in [1.807, 2.05) is 18.0 Å². The third-order valence-electron chi connectivity index (χ3n) is 3.65. The monoisotopic (exact) mass is 337 g/mol. The van der Waals surface area contributed by atoms with Crippen molar-refractivity contribution in [3.8, 4) is 0 Å².